The molecular formula is C17H17F2NO2. The molecule has 0 aliphatic carbocycles. The molecule has 0 heterocycles. The molecule has 0 radical (unpaired) electrons. The summed E-state index contributed by atoms with van der Waals surface area (Å²) in [5.74, 6) is -1.70. The second-order valence-corrected chi connectivity index (χ2v) is 4.91. The Balaban J connectivity index is 2.10. The molecule has 0 saturated heterocycles. The van der Waals surface area contributed by atoms with Gasteiger partial charge in [-0.15, -0.1) is 0 Å². The highest BCUT2D eigenvalue weighted by Gasteiger charge is 2.21. The van der Waals surface area contributed by atoms with Gasteiger partial charge >= 0.3 is 0 Å². The fraction of sp³-hybridized carbons (Fsp3) is 0.235. The molecule has 1 atom stereocenters. The number of para-hydroxylation sites is 1. The van der Waals surface area contributed by atoms with Gasteiger partial charge in [0, 0.05) is 0 Å². The van der Waals surface area contributed by atoms with E-state index >= 15 is 0 Å². The second-order valence-electron chi connectivity index (χ2n) is 4.91. The summed E-state index contributed by atoms with van der Waals surface area (Å²) in [6, 6.07) is 10.6. The molecule has 5 heteroatoms. The summed E-state index contributed by atoms with van der Waals surface area (Å²) < 4.78 is 32.7. The molecular weight excluding hydrogens is 288 g/mol. The highest BCUT2D eigenvalue weighted by Crippen LogP contribution is 2.20. The van der Waals surface area contributed by atoms with Crippen molar-refractivity contribution in [1.82, 2.24) is 0 Å². The molecule has 0 saturated carbocycles. The lowest BCUT2D eigenvalue weighted by Gasteiger charge is -2.18. The Labute approximate surface area is 127 Å². The van der Waals surface area contributed by atoms with Gasteiger partial charge in [-0.05, 0) is 37.6 Å². The number of amides is 1. The molecule has 2 rings (SSSR count). The molecule has 116 valence electrons. The van der Waals surface area contributed by atoms with Crippen molar-refractivity contribution in [3.63, 3.8) is 0 Å². The smallest absolute Gasteiger partial charge is 0.265 e. The number of carbonyl (C=O) groups excluding carboxylic acids is 1. The van der Waals surface area contributed by atoms with Crippen molar-refractivity contribution in [2.45, 2.75) is 26.4 Å². The monoisotopic (exact) mass is 305 g/mol. The molecule has 0 aliphatic rings. The highest BCUT2D eigenvalue weighted by molar-refractivity contribution is 5.94. The lowest BCUT2D eigenvalue weighted by molar-refractivity contribution is -0.122. The first-order valence-electron chi connectivity index (χ1n) is 6.99. The Kier molecular flexibility index (Phi) is 5.09. The van der Waals surface area contributed by atoms with Crippen LogP contribution in [0.3, 0.4) is 0 Å². The minimum Gasteiger partial charge on any atom is -0.481 e. The van der Waals surface area contributed by atoms with E-state index in [0.717, 1.165) is 17.7 Å². The predicted octanol–water partition coefficient (Wildman–Crippen LogP) is 4.07. The van der Waals surface area contributed by atoms with Crippen molar-refractivity contribution < 1.29 is 18.3 Å². The van der Waals surface area contributed by atoms with E-state index in [9.17, 15) is 13.6 Å². The Bertz CT molecular complexity index is 636. The fourth-order valence-electron chi connectivity index (χ4n) is 1.92. The molecule has 3 nitrogen and oxygen atoms in total. The van der Waals surface area contributed by atoms with Gasteiger partial charge in [0.2, 0.25) is 0 Å². The summed E-state index contributed by atoms with van der Waals surface area (Å²) in [6.45, 7) is 3.70. The second kappa shape index (κ2) is 7.02. The quantitative estimate of drug-likeness (QED) is 0.904. The van der Waals surface area contributed by atoms with Crippen LogP contribution >= 0.6 is 0 Å². The molecule has 2 aromatic rings. The Morgan fingerprint density at radius 1 is 1.14 bits per heavy atom. The Morgan fingerprint density at radius 3 is 2.27 bits per heavy atom. The first kappa shape index (κ1) is 15.9. The zero-order valence-electron chi connectivity index (χ0n) is 12.4. The van der Waals surface area contributed by atoms with Gasteiger partial charge in [0.15, 0.2) is 6.10 Å². The molecule has 0 fully saturated rings. The molecule has 0 bridgehead atoms. The van der Waals surface area contributed by atoms with E-state index in [0.29, 0.717) is 12.2 Å². The molecule has 0 aliphatic heterocycles. The van der Waals surface area contributed by atoms with E-state index in [2.05, 4.69) is 5.32 Å². The van der Waals surface area contributed by atoms with Crippen molar-refractivity contribution in [3.05, 3.63) is 59.7 Å². The van der Waals surface area contributed by atoms with Crippen molar-refractivity contribution in [2.24, 2.45) is 0 Å². The topological polar surface area (TPSA) is 38.3 Å². The van der Waals surface area contributed by atoms with Crippen LogP contribution in [0.25, 0.3) is 0 Å². The number of rotatable bonds is 5. The molecule has 2 aromatic carbocycles. The SMILES string of the molecule is CC[C@H](Oc1ccc(C)cc1)C(=O)Nc1c(F)cccc1F. The number of halogens is 2. The van der Waals surface area contributed by atoms with Crippen LogP contribution in [0.1, 0.15) is 18.9 Å². The lowest BCUT2D eigenvalue weighted by atomic mass is 10.2. The Morgan fingerprint density at radius 2 is 1.73 bits per heavy atom. The third-order valence-corrected chi connectivity index (χ3v) is 3.17. The number of hydrogen-bond donors (Lipinski definition) is 1. The van der Waals surface area contributed by atoms with E-state index in [-0.39, 0.29) is 0 Å². The minimum absolute atomic E-state index is 0.371. The van der Waals surface area contributed by atoms with Crippen molar-refractivity contribution in [2.75, 3.05) is 5.32 Å². The number of carbonyl (C=O) groups is 1. The molecule has 0 spiro atoms. The minimum atomic E-state index is -0.832. The van der Waals surface area contributed by atoms with Crippen LogP contribution < -0.4 is 10.1 Å². The van der Waals surface area contributed by atoms with Gasteiger partial charge in [-0.3, -0.25) is 4.79 Å². The summed E-state index contributed by atoms with van der Waals surface area (Å²) in [5, 5.41) is 2.25. The maximum absolute atomic E-state index is 13.6. The summed E-state index contributed by atoms with van der Waals surface area (Å²) in [5.41, 5.74) is 0.608. The van der Waals surface area contributed by atoms with Crippen molar-refractivity contribution >= 4 is 11.6 Å². The van der Waals surface area contributed by atoms with E-state index in [4.69, 9.17) is 4.74 Å². The van der Waals surface area contributed by atoms with Crippen LogP contribution in [0.4, 0.5) is 14.5 Å². The molecule has 1 N–H and O–H groups in total. The fourth-order valence-corrected chi connectivity index (χ4v) is 1.92. The van der Waals surface area contributed by atoms with Crippen LogP contribution in [0.2, 0.25) is 0 Å². The van der Waals surface area contributed by atoms with Crippen LogP contribution in [0.5, 0.6) is 5.75 Å². The van der Waals surface area contributed by atoms with Gasteiger partial charge in [0.25, 0.3) is 5.91 Å². The van der Waals surface area contributed by atoms with Crippen LogP contribution in [0, 0.1) is 18.6 Å². The number of nitrogens with one attached hydrogen (secondary N) is 1. The molecule has 1 amide bonds. The van der Waals surface area contributed by atoms with Crippen molar-refractivity contribution in [3.8, 4) is 5.75 Å². The van der Waals surface area contributed by atoms with Crippen molar-refractivity contribution in [1.29, 1.82) is 0 Å². The Hall–Kier alpha value is -2.43. The zero-order chi connectivity index (χ0) is 16.1. The number of aryl methyl sites for hydroxylation is 1. The maximum atomic E-state index is 13.6. The molecule has 0 aromatic heterocycles. The van der Waals surface area contributed by atoms with E-state index in [1.165, 1.54) is 6.07 Å². The van der Waals surface area contributed by atoms with Gasteiger partial charge < -0.3 is 10.1 Å². The van der Waals surface area contributed by atoms with E-state index in [1.54, 1.807) is 19.1 Å². The number of hydrogen-bond acceptors (Lipinski definition) is 2. The first-order chi connectivity index (χ1) is 10.5. The van der Waals surface area contributed by atoms with Gasteiger partial charge in [0.1, 0.15) is 23.1 Å². The van der Waals surface area contributed by atoms with Crippen LogP contribution in [-0.2, 0) is 4.79 Å². The normalized spacial score (nSPS) is 11.8. The predicted molar refractivity (Wildman–Crippen MR) is 80.9 cm³/mol. The van der Waals surface area contributed by atoms with Gasteiger partial charge in [-0.2, -0.15) is 0 Å². The average Bonchev–Trinajstić information content (AvgIpc) is 2.50. The van der Waals surface area contributed by atoms with E-state index < -0.39 is 29.3 Å². The number of anilines is 1. The standard InChI is InChI=1S/C17H17F2NO2/c1-3-15(22-12-9-7-11(2)8-10-12)17(21)20-16-13(18)5-4-6-14(16)19/h4-10,15H,3H2,1-2H3,(H,20,21)/t15-/m0/s1. The van der Waals surface area contributed by atoms with Gasteiger partial charge in [0.05, 0.1) is 0 Å². The molecule has 0 unspecified atom stereocenters. The largest absolute Gasteiger partial charge is 0.481 e. The summed E-state index contributed by atoms with van der Waals surface area (Å²) in [4.78, 5) is 12.1. The van der Waals surface area contributed by atoms with Crippen LogP contribution in [-0.4, -0.2) is 12.0 Å². The lowest BCUT2D eigenvalue weighted by Crippen LogP contribution is -2.33. The first-order valence-corrected chi connectivity index (χ1v) is 6.99. The van der Waals surface area contributed by atoms with Gasteiger partial charge in [-0.1, -0.05) is 30.7 Å². The zero-order valence-corrected chi connectivity index (χ0v) is 12.4. The third-order valence-electron chi connectivity index (χ3n) is 3.17. The van der Waals surface area contributed by atoms with E-state index in [1.807, 2.05) is 19.1 Å². The third kappa shape index (κ3) is 3.81. The number of ether oxygens (including phenoxy) is 1. The highest BCUT2D eigenvalue weighted by atomic mass is 19.1. The molecule has 22 heavy (non-hydrogen) atoms. The van der Waals surface area contributed by atoms with Crippen LogP contribution in [0.15, 0.2) is 42.5 Å². The average molecular weight is 305 g/mol. The summed E-state index contributed by atoms with van der Waals surface area (Å²) in [6.07, 6.45) is -0.461. The number of benzene rings is 2. The summed E-state index contributed by atoms with van der Waals surface area (Å²) in [7, 11) is 0. The maximum Gasteiger partial charge on any atom is 0.265 e. The van der Waals surface area contributed by atoms with Gasteiger partial charge in [-0.25, -0.2) is 8.78 Å². The summed E-state index contributed by atoms with van der Waals surface area (Å²) >= 11 is 0.